The van der Waals surface area contributed by atoms with E-state index < -0.39 is 0 Å². The minimum absolute atomic E-state index is 0.0469. The fourth-order valence-corrected chi connectivity index (χ4v) is 2.40. The van der Waals surface area contributed by atoms with Crippen LogP contribution in [-0.4, -0.2) is 17.5 Å². The summed E-state index contributed by atoms with van der Waals surface area (Å²) in [5, 5.41) is 0. The lowest BCUT2D eigenvalue weighted by Gasteiger charge is -2.24. The molecular formula is C11H18O2. The van der Waals surface area contributed by atoms with E-state index in [9.17, 15) is 0 Å². The third-order valence-electron chi connectivity index (χ3n) is 3.06. The van der Waals surface area contributed by atoms with Crippen LogP contribution in [-0.2, 0) is 9.47 Å². The van der Waals surface area contributed by atoms with E-state index in [-0.39, 0.29) is 17.5 Å². The molecule has 2 nitrogen and oxygen atoms in total. The molecule has 1 atom stereocenters. The van der Waals surface area contributed by atoms with Crippen LogP contribution >= 0.6 is 0 Å². The molecule has 1 spiro atoms. The lowest BCUT2D eigenvalue weighted by atomic mass is 10.0. The zero-order chi connectivity index (χ0) is 9.53. The molecule has 1 aliphatic carbocycles. The molecule has 1 aliphatic heterocycles. The first kappa shape index (κ1) is 9.22. The van der Waals surface area contributed by atoms with Gasteiger partial charge in [-0.15, -0.1) is 6.58 Å². The van der Waals surface area contributed by atoms with Crippen molar-refractivity contribution in [3.05, 3.63) is 12.7 Å². The standard InChI is InChI=1S/C11H18O2/c1-4-9-10(2,3)13-11(12-9)7-5-6-8-11/h4,9H,1,5-8H2,2-3H3/t9-/m1/s1. The quantitative estimate of drug-likeness (QED) is 0.580. The Labute approximate surface area is 79.9 Å². The van der Waals surface area contributed by atoms with Crippen molar-refractivity contribution in [2.75, 3.05) is 0 Å². The first-order valence-electron chi connectivity index (χ1n) is 5.09. The molecule has 13 heavy (non-hydrogen) atoms. The van der Waals surface area contributed by atoms with Crippen LogP contribution in [0.2, 0.25) is 0 Å². The van der Waals surface area contributed by atoms with Crippen LogP contribution in [0.25, 0.3) is 0 Å². The summed E-state index contributed by atoms with van der Waals surface area (Å²) < 4.78 is 11.9. The van der Waals surface area contributed by atoms with Gasteiger partial charge in [0.2, 0.25) is 0 Å². The van der Waals surface area contributed by atoms with E-state index in [1.165, 1.54) is 12.8 Å². The van der Waals surface area contributed by atoms with Crippen molar-refractivity contribution in [3.63, 3.8) is 0 Å². The largest absolute Gasteiger partial charge is 0.341 e. The van der Waals surface area contributed by atoms with Gasteiger partial charge in [-0.25, -0.2) is 0 Å². The Morgan fingerprint density at radius 1 is 1.31 bits per heavy atom. The van der Waals surface area contributed by atoms with Gasteiger partial charge in [0, 0.05) is 12.8 Å². The third kappa shape index (κ3) is 1.42. The molecule has 0 aromatic rings. The number of hydrogen-bond acceptors (Lipinski definition) is 2. The van der Waals surface area contributed by atoms with E-state index in [4.69, 9.17) is 9.47 Å². The zero-order valence-electron chi connectivity index (χ0n) is 8.51. The Kier molecular flexibility index (Phi) is 2.00. The molecular weight excluding hydrogens is 164 g/mol. The Morgan fingerprint density at radius 3 is 2.38 bits per heavy atom. The molecule has 74 valence electrons. The summed E-state index contributed by atoms with van der Waals surface area (Å²) in [6.45, 7) is 7.94. The van der Waals surface area contributed by atoms with Gasteiger partial charge in [0.15, 0.2) is 5.79 Å². The Morgan fingerprint density at radius 2 is 1.92 bits per heavy atom. The highest BCUT2D eigenvalue weighted by molar-refractivity contribution is 5.02. The van der Waals surface area contributed by atoms with E-state index in [0.717, 1.165) is 12.8 Å². The maximum absolute atomic E-state index is 6.01. The third-order valence-corrected chi connectivity index (χ3v) is 3.06. The summed E-state index contributed by atoms with van der Waals surface area (Å²) in [4.78, 5) is 0. The highest BCUT2D eigenvalue weighted by Crippen LogP contribution is 2.46. The normalized spacial score (nSPS) is 35.4. The van der Waals surface area contributed by atoms with Gasteiger partial charge >= 0.3 is 0 Å². The minimum atomic E-state index is -0.275. The lowest BCUT2D eigenvalue weighted by Crippen LogP contribution is -2.32. The number of rotatable bonds is 1. The SMILES string of the molecule is C=C[C@H]1OC2(CCCC2)OC1(C)C. The van der Waals surface area contributed by atoms with Crippen molar-refractivity contribution < 1.29 is 9.47 Å². The topological polar surface area (TPSA) is 18.5 Å². The van der Waals surface area contributed by atoms with E-state index >= 15 is 0 Å². The molecule has 0 aromatic carbocycles. The van der Waals surface area contributed by atoms with Gasteiger partial charge in [0.25, 0.3) is 0 Å². The zero-order valence-corrected chi connectivity index (χ0v) is 8.51. The van der Waals surface area contributed by atoms with Crippen LogP contribution in [0.5, 0.6) is 0 Å². The van der Waals surface area contributed by atoms with Gasteiger partial charge < -0.3 is 9.47 Å². The van der Waals surface area contributed by atoms with E-state index in [1.54, 1.807) is 0 Å². The fourth-order valence-electron chi connectivity index (χ4n) is 2.40. The minimum Gasteiger partial charge on any atom is -0.341 e. The molecule has 2 aliphatic rings. The average Bonchev–Trinajstić information content (AvgIpc) is 2.57. The summed E-state index contributed by atoms with van der Waals surface area (Å²) in [6.07, 6.45) is 6.43. The second-order valence-electron chi connectivity index (χ2n) is 4.60. The molecule has 2 heteroatoms. The van der Waals surface area contributed by atoms with Crippen molar-refractivity contribution in [1.29, 1.82) is 0 Å². The molecule has 0 amide bonds. The van der Waals surface area contributed by atoms with E-state index in [1.807, 2.05) is 6.08 Å². The molecule has 0 bridgehead atoms. The molecule has 2 rings (SSSR count). The molecule has 1 heterocycles. The van der Waals surface area contributed by atoms with Crippen LogP contribution in [0.15, 0.2) is 12.7 Å². The van der Waals surface area contributed by atoms with Gasteiger partial charge in [0.1, 0.15) is 6.10 Å². The molecule has 1 saturated heterocycles. The van der Waals surface area contributed by atoms with Crippen molar-refractivity contribution in [3.8, 4) is 0 Å². The Bertz CT molecular complexity index is 214. The van der Waals surface area contributed by atoms with Crippen LogP contribution in [0.4, 0.5) is 0 Å². The van der Waals surface area contributed by atoms with Crippen molar-refractivity contribution in [1.82, 2.24) is 0 Å². The van der Waals surface area contributed by atoms with Gasteiger partial charge in [-0.2, -0.15) is 0 Å². The smallest absolute Gasteiger partial charge is 0.170 e. The van der Waals surface area contributed by atoms with Crippen molar-refractivity contribution in [2.24, 2.45) is 0 Å². The number of hydrogen-bond donors (Lipinski definition) is 0. The molecule has 0 aromatic heterocycles. The summed E-state index contributed by atoms with van der Waals surface area (Å²) in [5.74, 6) is -0.275. The fraction of sp³-hybridized carbons (Fsp3) is 0.818. The molecule has 2 fully saturated rings. The van der Waals surface area contributed by atoms with Crippen LogP contribution in [0.3, 0.4) is 0 Å². The maximum Gasteiger partial charge on any atom is 0.170 e. The van der Waals surface area contributed by atoms with Crippen molar-refractivity contribution >= 4 is 0 Å². The van der Waals surface area contributed by atoms with Gasteiger partial charge in [-0.1, -0.05) is 6.08 Å². The highest BCUT2D eigenvalue weighted by atomic mass is 16.8. The average molecular weight is 182 g/mol. The van der Waals surface area contributed by atoms with Crippen molar-refractivity contribution in [2.45, 2.75) is 57.0 Å². The van der Waals surface area contributed by atoms with Crippen LogP contribution < -0.4 is 0 Å². The van der Waals surface area contributed by atoms with Crippen LogP contribution in [0.1, 0.15) is 39.5 Å². The monoisotopic (exact) mass is 182 g/mol. The Hall–Kier alpha value is -0.340. The lowest BCUT2D eigenvalue weighted by molar-refractivity contribution is -0.177. The molecule has 0 radical (unpaired) electrons. The van der Waals surface area contributed by atoms with E-state index in [2.05, 4.69) is 20.4 Å². The summed E-state index contributed by atoms with van der Waals surface area (Å²) >= 11 is 0. The van der Waals surface area contributed by atoms with E-state index in [0.29, 0.717) is 0 Å². The predicted octanol–water partition coefficient (Wildman–Crippen LogP) is 2.64. The van der Waals surface area contributed by atoms with Gasteiger partial charge in [-0.05, 0) is 26.7 Å². The van der Waals surface area contributed by atoms with Crippen LogP contribution in [0, 0.1) is 0 Å². The molecule has 0 N–H and O–H groups in total. The first-order valence-corrected chi connectivity index (χ1v) is 5.09. The summed E-state index contributed by atoms with van der Waals surface area (Å²) in [5.41, 5.74) is -0.202. The Balaban J connectivity index is 2.17. The first-order chi connectivity index (χ1) is 6.08. The second-order valence-corrected chi connectivity index (χ2v) is 4.60. The predicted molar refractivity (Wildman–Crippen MR) is 51.4 cm³/mol. The second kappa shape index (κ2) is 2.82. The highest BCUT2D eigenvalue weighted by Gasteiger charge is 2.51. The summed E-state index contributed by atoms with van der Waals surface area (Å²) in [6, 6.07) is 0. The summed E-state index contributed by atoms with van der Waals surface area (Å²) in [7, 11) is 0. The van der Waals surface area contributed by atoms with Gasteiger partial charge in [-0.3, -0.25) is 0 Å². The molecule has 0 unspecified atom stereocenters. The number of ether oxygens (including phenoxy) is 2. The molecule has 1 saturated carbocycles. The van der Waals surface area contributed by atoms with Gasteiger partial charge in [0.05, 0.1) is 5.60 Å². The maximum atomic E-state index is 6.01.